The third-order valence-corrected chi connectivity index (χ3v) is 5.13. The standard InChI is InChI=1S/C18H24ClN3O2/c1-3-15(23)11-22-17(20-16(21-22)12-24-2)18(9-4-10-18)13-5-7-14(19)8-6-13/h5-8,15,23H,3-4,9-12H2,1-2H3/t15-/m1/s1. The van der Waals surface area contributed by atoms with Crippen molar-refractivity contribution >= 4 is 11.6 Å². The van der Waals surface area contributed by atoms with Gasteiger partial charge in [-0.2, -0.15) is 5.10 Å². The maximum atomic E-state index is 10.1. The van der Waals surface area contributed by atoms with Crippen LogP contribution < -0.4 is 0 Å². The van der Waals surface area contributed by atoms with Crippen molar-refractivity contribution in [3.8, 4) is 0 Å². The second-order valence-corrected chi connectivity index (χ2v) is 6.91. The van der Waals surface area contributed by atoms with Crippen molar-refractivity contribution in [1.82, 2.24) is 14.8 Å². The van der Waals surface area contributed by atoms with Gasteiger partial charge in [-0.1, -0.05) is 37.1 Å². The molecule has 0 saturated heterocycles. The number of nitrogens with zero attached hydrogens (tertiary/aromatic N) is 3. The largest absolute Gasteiger partial charge is 0.391 e. The third kappa shape index (κ3) is 3.21. The Labute approximate surface area is 147 Å². The third-order valence-electron chi connectivity index (χ3n) is 4.88. The molecule has 1 atom stereocenters. The van der Waals surface area contributed by atoms with Crippen LogP contribution in [0, 0.1) is 0 Å². The van der Waals surface area contributed by atoms with Gasteiger partial charge in [-0.3, -0.25) is 0 Å². The highest BCUT2D eigenvalue weighted by molar-refractivity contribution is 6.30. The molecule has 0 aliphatic heterocycles. The zero-order chi connectivity index (χ0) is 17.2. The number of hydrogen-bond donors (Lipinski definition) is 1. The maximum absolute atomic E-state index is 10.1. The van der Waals surface area contributed by atoms with E-state index in [0.717, 1.165) is 30.1 Å². The van der Waals surface area contributed by atoms with Gasteiger partial charge in [0.25, 0.3) is 0 Å². The van der Waals surface area contributed by atoms with Gasteiger partial charge in [-0.15, -0.1) is 0 Å². The monoisotopic (exact) mass is 349 g/mol. The Morgan fingerprint density at radius 3 is 2.58 bits per heavy atom. The molecule has 1 aliphatic rings. The maximum Gasteiger partial charge on any atom is 0.176 e. The fourth-order valence-electron chi connectivity index (χ4n) is 3.33. The Hall–Kier alpha value is -1.43. The Morgan fingerprint density at radius 1 is 1.33 bits per heavy atom. The summed E-state index contributed by atoms with van der Waals surface area (Å²) in [7, 11) is 1.64. The minimum absolute atomic E-state index is 0.142. The van der Waals surface area contributed by atoms with Gasteiger partial charge in [-0.25, -0.2) is 9.67 Å². The number of hydrogen-bond acceptors (Lipinski definition) is 4. The van der Waals surface area contributed by atoms with E-state index >= 15 is 0 Å². The summed E-state index contributed by atoms with van der Waals surface area (Å²) in [6.45, 7) is 2.80. The van der Waals surface area contributed by atoms with Crippen LogP contribution in [-0.4, -0.2) is 33.1 Å². The Morgan fingerprint density at radius 2 is 2.04 bits per heavy atom. The fourth-order valence-corrected chi connectivity index (χ4v) is 3.46. The highest BCUT2D eigenvalue weighted by Gasteiger charge is 2.44. The van der Waals surface area contributed by atoms with E-state index in [1.54, 1.807) is 7.11 Å². The van der Waals surface area contributed by atoms with Gasteiger partial charge in [-0.05, 0) is 37.0 Å². The summed E-state index contributed by atoms with van der Waals surface area (Å²) in [6.07, 6.45) is 3.48. The van der Waals surface area contributed by atoms with Crippen LogP contribution in [0.3, 0.4) is 0 Å². The van der Waals surface area contributed by atoms with Gasteiger partial charge in [0.15, 0.2) is 5.82 Å². The summed E-state index contributed by atoms with van der Waals surface area (Å²) in [5, 5.41) is 15.4. The predicted octanol–water partition coefficient (Wildman–Crippen LogP) is 3.32. The molecule has 1 fully saturated rings. The molecular formula is C18H24ClN3O2. The number of methoxy groups -OCH3 is 1. The molecule has 3 rings (SSSR count). The molecule has 1 heterocycles. The van der Waals surface area contributed by atoms with Gasteiger partial charge in [0.1, 0.15) is 12.4 Å². The van der Waals surface area contributed by atoms with Crippen molar-refractivity contribution in [3.63, 3.8) is 0 Å². The van der Waals surface area contributed by atoms with Crippen LogP contribution in [0.25, 0.3) is 0 Å². The Kier molecular flexibility index (Phi) is 5.23. The van der Waals surface area contributed by atoms with E-state index in [9.17, 15) is 5.11 Å². The lowest BCUT2D eigenvalue weighted by Gasteiger charge is -2.41. The van der Waals surface area contributed by atoms with Crippen LogP contribution in [-0.2, 0) is 23.3 Å². The molecule has 1 saturated carbocycles. The van der Waals surface area contributed by atoms with Gasteiger partial charge >= 0.3 is 0 Å². The van der Waals surface area contributed by atoms with Crippen LogP contribution >= 0.6 is 11.6 Å². The molecule has 1 aromatic heterocycles. The molecule has 2 aromatic rings. The highest BCUT2D eigenvalue weighted by Crippen LogP contribution is 2.48. The summed E-state index contributed by atoms with van der Waals surface area (Å²) in [6, 6.07) is 8.00. The van der Waals surface area contributed by atoms with E-state index in [1.807, 2.05) is 23.7 Å². The average molecular weight is 350 g/mol. The lowest BCUT2D eigenvalue weighted by atomic mass is 9.64. The summed E-state index contributed by atoms with van der Waals surface area (Å²) >= 11 is 6.05. The van der Waals surface area contributed by atoms with Gasteiger partial charge in [0.2, 0.25) is 0 Å². The van der Waals surface area contributed by atoms with Crippen LogP contribution in [0.1, 0.15) is 49.8 Å². The van der Waals surface area contributed by atoms with E-state index in [-0.39, 0.29) is 5.41 Å². The van der Waals surface area contributed by atoms with Gasteiger partial charge in [0, 0.05) is 12.1 Å². The Bertz CT molecular complexity index is 680. The molecule has 0 radical (unpaired) electrons. The van der Waals surface area contributed by atoms with Crippen molar-refractivity contribution in [2.45, 2.75) is 57.3 Å². The molecule has 24 heavy (non-hydrogen) atoms. The zero-order valence-electron chi connectivity index (χ0n) is 14.2. The van der Waals surface area contributed by atoms with Crippen LogP contribution in [0.5, 0.6) is 0 Å². The number of aliphatic hydroxyl groups excluding tert-OH is 1. The molecule has 0 unspecified atom stereocenters. The van der Waals surface area contributed by atoms with Crippen LogP contribution in [0.15, 0.2) is 24.3 Å². The normalized spacial score (nSPS) is 17.5. The molecule has 0 amide bonds. The van der Waals surface area contributed by atoms with Crippen molar-refractivity contribution in [3.05, 3.63) is 46.5 Å². The first-order valence-corrected chi connectivity index (χ1v) is 8.84. The van der Waals surface area contributed by atoms with E-state index in [4.69, 9.17) is 21.3 Å². The van der Waals surface area contributed by atoms with Gasteiger partial charge in [0.05, 0.1) is 18.1 Å². The smallest absolute Gasteiger partial charge is 0.176 e. The summed E-state index contributed by atoms with van der Waals surface area (Å²) in [5.74, 6) is 1.59. The predicted molar refractivity (Wildman–Crippen MR) is 93.1 cm³/mol. The zero-order valence-corrected chi connectivity index (χ0v) is 15.0. The van der Waals surface area contributed by atoms with Crippen LogP contribution in [0.4, 0.5) is 0 Å². The van der Waals surface area contributed by atoms with Crippen molar-refractivity contribution in [1.29, 1.82) is 0 Å². The molecule has 5 nitrogen and oxygen atoms in total. The van der Waals surface area contributed by atoms with Gasteiger partial charge < -0.3 is 9.84 Å². The first-order chi connectivity index (χ1) is 11.6. The number of rotatable bonds is 7. The lowest BCUT2D eigenvalue weighted by Crippen LogP contribution is -2.39. The fraction of sp³-hybridized carbons (Fsp3) is 0.556. The highest BCUT2D eigenvalue weighted by atomic mass is 35.5. The molecule has 0 spiro atoms. The van der Waals surface area contributed by atoms with E-state index < -0.39 is 6.10 Å². The molecular weight excluding hydrogens is 326 g/mol. The second kappa shape index (κ2) is 7.21. The minimum Gasteiger partial charge on any atom is -0.391 e. The summed E-state index contributed by atoms with van der Waals surface area (Å²) < 4.78 is 7.07. The quantitative estimate of drug-likeness (QED) is 0.833. The SMILES string of the molecule is CC[C@@H](O)Cn1nc(COC)nc1C1(c2ccc(Cl)cc2)CCC1. The van der Waals surface area contributed by atoms with E-state index in [2.05, 4.69) is 17.2 Å². The summed E-state index contributed by atoms with van der Waals surface area (Å²) in [5.41, 5.74) is 1.07. The first kappa shape index (κ1) is 17.4. The van der Waals surface area contributed by atoms with Crippen molar-refractivity contribution in [2.75, 3.05) is 7.11 Å². The lowest BCUT2D eigenvalue weighted by molar-refractivity contribution is 0.138. The minimum atomic E-state index is -0.428. The number of aromatic nitrogens is 3. The van der Waals surface area contributed by atoms with E-state index in [0.29, 0.717) is 25.4 Å². The second-order valence-electron chi connectivity index (χ2n) is 6.47. The number of halogens is 1. The topological polar surface area (TPSA) is 60.2 Å². The number of aliphatic hydroxyl groups is 1. The Balaban J connectivity index is 2.02. The first-order valence-electron chi connectivity index (χ1n) is 8.46. The number of benzene rings is 1. The van der Waals surface area contributed by atoms with Crippen LogP contribution in [0.2, 0.25) is 5.02 Å². The molecule has 1 aliphatic carbocycles. The molecule has 1 aromatic carbocycles. The molecule has 130 valence electrons. The molecule has 6 heteroatoms. The summed E-state index contributed by atoms with van der Waals surface area (Å²) in [4.78, 5) is 4.76. The molecule has 1 N–H and O–H groups in total. The number of ether oxygens (including phenoxy) is 1. The molecule has 0 bridgehead atoms. The van der Waals surface area contributed by atoms with E-state index in [1.165, 1.54) is 5.56 Å². The average Bonchev–Trinajstić information content (AvgIpc) is 2.91. The van der Waals surface area contributed by atoms with Crippen molar-refractivity contribution < 1.29 is 9.84 Å². The van der Waals surface area contributed by atoms with Crippen molar-refractivity contribution in [2.24, 2.45) is 0 Å².